The van der Waals surface area contributed by atoms with Gasteiger partial charge < -0.3 is 0 Å². The molecule has 0 bridgehead atoms. The van der Waals surface area contributed by atoms with E-state index in [1.165, 1.54) is 144 Å². The van der Waals surface area contributed by atoms with E-state index in [1.807, 2.05) is 6.21 Å². The Hall–Kier alpha value is -1.56. The first-order valence-electron chi connectivity index (χ1n) is 19.5. The Morgan fingerprint density at radius 3 is 1.11 bits per heavy atom. The van der Waals surface area contributed by atoms with E-state index >= 15 is 0 Å². The molecular weight excluding hydrogens is 651 g/mol. The second-order valence-corrected chi connectivity index (χ2v) is 13.4. The zero-order valence-corrected chi connectivity index (χ0v) is 32.3. The van der Waals surface area contributed by atoms with Gasteiger partial charge in [-0.05, 0) is 85.0 Å². The first-order chi connectivity index (χ1) is 22.1. The zero-order valence-electron chi connectivity index (χ0n) is 30.7. The summed E-state index contributed by atoms with van der Waals surface area (Å²) in [5, 5.41) is 0. The van der Waals surface area contributed by atoms with Crippen LogP contribution in [0.15, 0.2) is 46.4 Å². The topological polar surface area (TPSA) is 24.7 Å². The van der Waals surface area contributed by atoms with Crippen molar-refractivity contribution in [1.29, 1.82) is 0 Å². The Kier molecular flexibility index (Phi) is 26.3. The van der Waals surface area contributed by atoms with Crippen LogP contribution in [0.4, 0.5) is 11.4 Å². The van der Waals surface area contributed by atoms with E-state index in [4.69, 9.17) is 9.98 Å². The number of aliphatic imine (C=N–C) groups is 2. The van der Waals surface area contributed by atoms with Crippen LogP contribution in [0.2, 0.25) is 0 Å². The Labute approximate surface area is 299 Å². The minimum absolute atomic E-state index is 0. The Balaban J connectivity index is 0.0000106. The second-order valence-electron chi connectivity index (χ2n) is 13.4. The van der Waals surface area contributed by atoms with E-state index in [9.17, 15) is 0 Å². The average Bonchev–Trinajstić information content (AvgIpc) is 3.07. The van der Waals surface area contributed by atoms with Crippen LogP contribution in [0.25, 0.3) is 0 Å². The molecule has 2 aromatic rings. The second kappa shape index (κ2) is 28.5. The van der Waals surface area contributed by atoms with Crippen molar-refractivity contribution in [1.82, 2.24) is 0 Å². The van der Waals surface area contributed by atoms with Crippen LogP contribution in [0.5, 0.6) is 0 Å². The van der Waals surface area contributed by atoms with Gasteiger partial charge in [-0.3, -0.25) is 9.98 Å². The summed E-state index contributed by atoms with van der Waals surface area (Å²) >= 11 is 0. The predicted octanol–water partition coefficient (Wildman–Crippen LogP) is 14.2. The Morgan fingerprint density at radius 1 is 0.435 bits per heavy atom. The third kappa shape index (κ3) is 20.0. The molecule has 0 fully saturated rings. The SMILES string of the molecule is CCCCCCCCCCCCCCCCCCCCCC(C=Nc1cc(CC)cc(CC)c1)=Nc1cc(CC)cc(CC)c1.[Pd]. The molecule has 0 aliphatic heterocycles. The van der Waals surface area contributed by atoms with Gasteiger partial charge in [-0.15, -0.1) is 0 Å². The minimum Gasteiger partial charge on any atom is -0.255 e. The molecule has 0 amide bonds. The number of hydrogen-bond acceptors (Lipinski definition) is 2. The quantitative estimate of drug-likeness (QED) is 0.0499. The molecule has 0 atom stereocenters. The largest absolute Gasteiger partial charge is 0.255 e. The Bertz CT molecular complexity index is 1040. The maximum Gasteiger partial charge on any atom is 0.0639 e. The van der Waals surface area contributed by atoms with Crippen LogP contribution in [-0.2, 0) is 46.1 Å². The van der Waals surface area contributed by atoms with Gasteiger partial charge in [-0.1, -0.05) is 162 Å². The first kappa shape index (κ1) is 42.5. The van der Waals surface area contributed by atoms with Crippen molar-refractivity contribution in [3.05, 3.63) is 58.7 Å². The summed E-state index contributed by atoms with van der Waals surface area (Å²) in [5.41, 5.74) is 8.72. The molecule has 0 saturated heterocycles. The molecule has 0 spiro atoms. The summed E-state index contributed by atoms with van der Waals surface area (Å²) in [6.07, 6.45) is 34.0. The summed E-state index contributed by atoms with van der Waals surface area (Å²) in [6, 6.07) is 13.6. The van der Waals surface area contributed by atoms with Gasteiger partial charge in [0.25, 0.3) is 0 Å². The van der Waals surface area contributed by atoms with Gasteiger partial charge in [-0.2, -0.15) is 0 Å². The standard InChI is InChI=1S/C43H70N2.Pd/c1-6-11-12-13-14-15-16-17-18-19-20-21-22-23-24-25-26-27-28-29-41(45-43-34-39(9-4)31-40(10-5)35-43)36-44-42-32-37(7-2)30-38(8-3)33-42;/h30-36H,6-29H2,1-5H3;. The van der Waals surface area contributed by atoms with Crippen LogP contribution >= 0.6 is 0 Å². The number of rotatable bonds is 27. The minimum atomic E-state index is 0. The number of hydrogen-bond donors (Lipinski definition) is 0. The molecule has 0 heterocycles. The summed E-state index contributed by atoms with van der Waals surface area (Å²) in [4.78, 5) is 10.1. The van der Waals surface area contributed by atoms with Gasteiger partial charge in [0.15, 0.2) is 0 Å². The van der Waals surface area contributed by atoms with Crippen molar-refractivity contribution in [3.63, 3.8) is 0 Å². The third-order valence-corrected chi connectivity index (χ3v) is 9.38. The van der Waals surface area contributed by atoms with Crippen LogP contribution < -0.4 is 0 Å². The van der Waals surface area contributed by atoms with Crippen LogP contribution in [0.3, 0.4) is 0 Å². The Morgan fingerprint density at radius 2 is 0.761 bits per heavy atom. The van der Waals surface area contributed by atoms with Crippen LogP contribution in [0.1, 0.15) is 185 Å². The number of unbranched alkanes of at least 4 members (excludes halogenated alkanes) is 18. The average molecular weight is 721 g/mol. The molecule has 46 heavy (non-hydrogen) atoms. The van der Waals surface area contributed by atoms with E-state index in [0.29, 0.717) is 0 Å². The molecule has 0 radical (unpaired) electrons. The molecule has 0 saturated carbocycles. The van der Waals surface area contributed by atoms with Gasteiger partial charge in [0.05, 0.1) is 17.1 Å². The molecular formula is C43H70N2Pd. The molecule has 2 nitrogen and oxygen atoms in total. The molecule has 0 aliphatic carbocycles. The van der Waals surface area contributed by atoms with E-state index in [1.54, 1.807) is 0 Å². The third-order valence-electron chi connectivity index (χ3n) is 9.38. The molecule has 2 rings (SSSR count). The van der Waals surface area contributed by atoms with Crippen molar-refractivity contribution in [2.24, 2.45) is 9.98 Å². The number of aryl methyl sites for hydroxylation is 4. The zero-order chi connectivity index (χ0) is 32.4. The molecule has 3 heteroatoms. The summed E-state index contributed by atoms with van der Waals surface area (Å²) in [7, 11) is 0. The fourth-order valence-electron chi connectivity index (χ4n) is 6.29. The maximum atomic E-state index is 5.16. The van der Waals surface area contributed by atoms with E-state index in [2.05, 4.69) is 71.0 Å². The van der Waals surface area contributed by atoms with Crippen LogP contribution in [-0.4, -0.2) is 11.9 Å². The molecule has 0 unspecified atom stereocenters. The van der Waals surface area contributed by atoms with Crippen molar-refractivity contribution in [3.8, 4) is 0 Å². The monoisotopic (exact) mass is 720 g/mol. The summed E-state index contributed by atoms with van der Waals surface area (Å²) in [6.45, 7) is 11.2. The molecule has 0 aromatic heterocycles. The summed E-state index contributed by atoms with van der Waals surface area (Å²) < 4.78 is 0. The van der Waals surface area contributed by atoms with E-state index < -0.39 is 0 Å². The van der Waals surface area contributed by atoms with Crippen molar-refractivity contribution in [2.75, 3.05) is 0 Å². The van der Waals surface area contributed by atoms with Crippen molar-refractivity contribution >= 4 is 23.3 Å². The van der Waals surface area contributed by atoms with Gasteiger partial charge in [0, 0.05) is 26.6 Å². The smallest absolute Gasteiger partial charge is 0.0639 e. The normalized spacial score (nSPS) is 11.8. The van der Waals surface area contributed by atoms with Gasteiger partial charge in [0.1, 0.15) is 0 Å². The molecule has 2 aromatic carbocycles. The molecule has 262 valence electrons. The molecule has 0 aliphatic rings. The number of nitrogens with zero attached hydrogens (tertiary/aromatic N) is 2. The molecule has 0 N–H and O–H groups in total. The van der Waals surface area contributed by atoms with Crippen molar-refractivity contribution in [2.45, 2.75) is 189 Å². The maximum absolute atomic E-state index is 5.16. The van der Waals surface area contributed by atoms with Gasteiger partial charge >= 0.3 is 0 Å². The van der Waals surface area contributed by atoms with E-state index in [0.717, 1.165) is 49.2 Å². The first-order valence-corrected chi connectivity index (χ1v) is 19.5. The fourth-order valence-corrected chi connectivity index (χ4v) is 6.29. The predicted molar refractivity (Wildman–Crippen MR) is 204 cm³/mol. The number of benzene rings is 2. The summed E-state index contributed by atoms with van der Waals surface area (Å²) in [5.74, 6) is 0. The van der Waals surface area contributed by atoms with Gasteiger partial charge in [0.2, 0.25) is 0 Å². The van der Waals surface area contributed by atoms with Crippen molar-refractivity contribution < 1.29 is 20.4 Å². The van der Waals surface area contributed by atoms with Crippen LogP contribution in [0, 0.1) is 0 Å². The van der Waals surface area contributed by atoms with E-state index in [-0.39, 0.29) is 20.4 Å². The van der Waals surface area contributed by atoms with Gasteiger partial charge in [-0.25, -0.2) is 0 Å². The fraction of sp³-hybridized carbons (Fsp3) is 0.674.